The number of hydrogen-bond acceptors (Lipinski definition) is 3. The highest BCUT2D eigenvalue weighted by atomic mass is 32.1. The fraction of sp³-hybridized carbons (Fsp3) is 0.417. The van der Waals surface area contributed by atoms with Crippen molar-refractivity contribution in [3.63, 3.8) is 0 Å². The van der Waals surface area contributed by atoms with Crippen LogP contribution in [0.2, 0.25) is 0 Å². The van der Waals surface area contributed by atoms with Gasteiger partial charge in [-0.1, -0.05) is 6.92 Å². The Morgan fingerprint density at radius 2 is 2.38 bits per heavy atom. The monoisotopic (exact) mass is 235 g/mol. The topological polar surface area (TPSA) is 40.7 Å². The van der Waals surface area contributed by atoms with Crippen LogP contribution in [0.5, 0.6) is 0 Å². The van der Waals surface area contributed by atoms with Crippen molar-refractivity contribution in [2.45, 2.75) is 33.2 Å². The molecule has 0 saturated heterocycles. The summed E-state index contributed by atoms with van der Waals surface area (Å²) in [5.74, 6) is 0.968. The first-order valence-corrected chi connectivity index (χ1v) is 6.49. The number of H-pyrrole nitrogens is 1. The minimum Gasteiger partial charge on any atom is -0.362 e. The number of rotatable bonds is 4. The summed E-state index contributed by atoms with van der Waals surface area (Å²) in [7, 11) is 0. The molecule has 3 nitrogen and oxygen atoms in total. The van der Waals surface area contributed by atoms with Gasteiger partial charge in [-0.15, -0.1) is 0 Å². The van der Waals surface area contributed by atoms with Crippen molar-refractivity contribution in [1.82, 2.24) is 10.2 Å². The summed E-state index contributed by atoms with van der Waals surface area (Å²) in [6, 6.07) is 2.45. The van der Waals surface area contributed by atoms with Gasteiger partial charge in [0.1, 0.15) is 0 Å². The zero-order valence-corrected chi connectivity index (χ0v) is 10.7. The van der Waals surface area contributed by atoms with Gasteiger partial charge in [-0.2, -0.15) is 16.4 Å². The molecule has 0 aromatic carbocycles. The third-order valence-corrected chi connectivity index (χ3v) is 3.56. The molecule has 86 valence electrons. The van der Waals surface area contributed by atoms with Crippen LogP contribution >= 0.6 is 11.3 Å². The highest BCUT2D eigenvalue weighted by molar-refractivity contribution is 7.07. The lowest BCUT2D eigenvalue weighted by atomic mass is 10.1. The van der Waals surface area contributed by atoms with Crippen LogP contribution < -0.4 is 5.32 Å². The summed E-state index contributed by atoms with van der Waals surface area (Å²) in [5.41, 5.74) is 3.75. The number of hydrogen-bond donors (Lipinski definition) is 2. The molecule has 0 radical (unpaired) electrons. The van der Waals surface area contributed by atoms with Crippen molar-refractivity contribution in [2.75, 3.05) is 5.32 Å². The Hall–Kier alpha value is -1.29. The number of aryl methyl sites for hydroxylation is 1. The highest BCUT2D eigenvalue weighted by Crippen LogP contribution is 2.23. The Bertz CT molecular complexity index is 445. The SMILES string of the molecule is CCc1[nH]nc(NC(C)c2ccsc2)c1C. The molecule has 1 atom stereocenters. The van der Waals surface area contributed by atoms with Gasteiger partial charge >= 0.3 is 0 Å². The maximum Gasteiger partial charge on any atom is 0.151 e. The zero-order valence-electron chi connectivity index (χ0n) is 9.87. The maximum absolute atomic E-state index is 4.30. The minimum absolute atomic E-state index is 0.304. The zero-order chi connectivity index (χ0) is 11.5. The summed E-state index contributed by atoms with van der Waals surface area (Å²) in [6.45, 7) is 6.39. The molecule has 0 aliphatic heterocycles. The van der Waals surface area contributed by atoms with Crippen LogP contribution in [0.15, 0.2) is 16.8 Å². The number of nitrogens with one attached hydrogen (secondary N) is 2. The number of anilines is 1. The molecule has 0 aliphatic rings. The average Bonchev–Trinajstić information content (AvgIpc) is 2.89. The van der Waals surface area contributed by atoms with Crippen molar-refractivity contribution in [1.29, 1.82) is 0 Å². The van der Waals surface area contributed by atoms with Crippen LogP contribution in [-0.4, -0.2) is 10.2 Å². The van der Waals surface area contributed by atoms with Gasteiger partial charge in [-0.3, -0.25) is 5.10 Å². The van der Waals surface area contributed by atoms with E-state index in [2.05, 4.69) is 53.1 Å². The number of aromatic amines is 1. The normalized spacial score (nSPS) is 12.7. The fourth-order valence-electron chi connectivity index (χ4n) is 1.73. The van der Waals surface area contributed by atoms with Gasteiger partial charge in [0.25, 0.3) is 0 Å². The summed E-state index contributed by atoms with van der Waals surface area (Å²) in [6.07, 6.45) is 0.993. The predicted octanol–water partition coefficient (Wildman–Crippen LogP) is 3.52. The Labute approximate surface area is 99.9 Å². The van der Waals surface area contributed by atoms with E-state index in [0.717, 1.165) is 12.2 Å². The van der Waals surface area contributed by atoms with Gasteiger partial charge in [-0.05, 0) is 42.7 Å². The Kier molecular flexibility index (Phi) is 3.29. The smallest absolute Gasteiger partial charge is 0.151 e. The van der Waals surface area contributed by atoms with E-state index in [1.165, 1.54) is 16.8 Å². The average molecular weight is 235 g/mol. The molecule has 1 unspecified atom stereocenters. The van der Waals surface area contributed by atoms with E-state index in [9.17, 15) is 0 Å². The number of thiophene rings is 1. The summed E-state index contributed by atoms with van der Waals surface area (Å²) in [4.78, 5) is 0. The van der Waals surface area contributed by atoms with Crippen LogP contribution in [0.4, 0.5) is 5.82 Å². The van der Waals surface area contributed by atoms with Crippen molar-refractivity contribution < 1.29 is 0 Å². The largest absolute Gasteiger partial charge is 0.362 e. The molecule has 4 heteroatoms. The molecule has 2 N–H and O–H groups in total. The van der Waals surface area contributed by atoms with Crippen LogP contribution in [0.1, 0.15) is 36.7 Å². The molecule has 0 bridgehead atoms. The molecular weight excluding hydrogens is 218 g/mol. The summed E-state index contributed by atoms with van der Waals surface area (Å²) >= 11 is 1.72. The lowest BCUT2D eigenvalue weighted by molar-refractivity contribution is 0.872. The summed E-state index contributed by atoms with van der Waals surface area (Å²) < 4.78 is 0. The Balaban J connectivity index is 2.12. The Morgan fingerprint density at radius 3 is 2.94 bits per heavy atom. The summed E-state index contributed by atoms with van der Waals surface area (Å²) in [5, 5.41) is 15.1. The molecule has 2 aromatic heterocycles. The molecule has 2 heterocycles. The van der Waals surface area contributed by atoms with Gasteiger partial charge in [-0.25, -0.2) is 0 Å². The van der Waals surface area contributed by atoms with Crippen LogP contribution in [0.25, 0.3) is 0 Å². The second kappa shape index (κ2) is 4.70. The minimum atomic E-state index is 0.304. The number of nitrogens with zero attached hydrogens (tertiary/aromatic N) is 1. The van der Waals surface area contributed by atoms with E-state index >= 15 is 0 Å². The van der Waals surface area contributed by atoms with Gasteiger partial charge < -0.3 is 5.32 Å². The third kappa shape index (κ3) is 2.11. The van der Waals surface area contributed by atoms with Crippen molar-refractivity contribution >= 4 is 17.2 Å². The molecule has 2 rings (SSSR count). The van der Waals surface area contributed by atoms with Crippen LogP contribution in [0, 0.1) is 6.92 Å². The van der Waals surface area contributed by atoms with E-state index < -0.39 is 0 Å². The van der Waals surface area contributed by atoms with Crippen molar-refractivity contribution in [3.05, 3.63) is 33.6 Å². The molecule has 0 fully saturated rings. The van der Waals surface area contributed by atoms with Gasteiger partial charge in [0, 0.05) is 11.3 Å². The van der Waals surface area contributed by atoms with Crippen LogP contribution in [-0.2, 0) is 6.42 Å². The third-order valence-electron chi connectivity index (χ3n) is 2.86. The molecule has 0 aliphatic carbocycles. The van der Waals surface area contributed by atoms with Crippen LogP contribution in [0.3, 0.4) is 0 Å². The first kappa shape index (κ1) is 11.2. The standard InChI is InChI=1S/C12H17N3S/c1-4-11-8(2)12(15-14-11)13-9(3)10-5-6-16-7-10/h5-7,9H,4H2,1-3H3,(H2,13,14,15). The van der Waals surface area contributed by atoms with Gasteiger partial charge in [0.05, 0.1) is 6.04 Å². The van der Waals surface area contributed by atoms with E-state index in [1.807, 2.05) is 0 Å². The second-order valence-corrected chi connectivity index (χ2v) is 4.73. The molecule has 0 spiro atoms. The van der Waals surface area contributed by atoms with Gasteiger partial charge in [0.2, 0.25) is 0 Å². The van der Waals surface area contributed by atoms with E-state index in [-0.39, 0.29) is 0 Å². The van der Waals surface area contributed by atoms with Crippen molar-refractivity contribution in [2.24, 2.45) is 0 Å². The molecule has 0 amide bonds. The quantitative estimate of drug-likeness (QED) is 0.851. The Morgan fingerprint density at radius 1 is 1.56 bits per heavy atom. The van der Waals surface area contributed by atoms with Gasteiger partial charge in [0.15, 0.2) is 5.82 Å². The predicted molar refractivity (Wildman–Crippen MR) is 69.1 cm³/mol. The van der Waals surface area contributed by atoms with E-state index in [4.69, 9.17) is 0 Å². The fourth-order valence-corrected chi connectivity index (χ4v) is 2.48. The lowest BCUT2D eigenvalue weighted by Gasteiger charge is -2.12. The van der Waals surface area contributed by atoms with E-state index in [1.54, 1.807) is 11.3 Å². The lowest BCUT2D eigenvalue weighted by Crippen LogP contribution is -2.06. The number of aromatic nitrogens is 2. The first-order chi connectivity index (χ1) is 7.72. The highest BCUT2D eigenvalue weighted by Gasteiger charge is 2.11. The van der Waals surface area contributed by atoms with Crippen molar-refractivity contribution in [3.8, 4) is 0 Å². The second-order valence-electron chi connectivity index (χ2n) is 3.95. The van der Waals surface area contributed by atoms with E-state index in [0.29, 0.717) is 6.04 Å². The molecule has 0 saturated carbocycles. The molecular formula is C12H17N3S. The molecule has 16 heavy (non-hydrogen) atoms. The first-order valence-electron chi connectivity index (χ1n) is 5.54. The molecule has 2 aromatic rings. The maximum atomic E-state index is 4.30.